The Kier molecular flexibility index (Phi) is 4.99. The van der Waals surface area contributed by atoms with Gasteiger partial charge in [0.1, 0.15) is 0 Å². The van der Waals surface area contributed by atoms with Gasteiger partial charge in [0.15, 0.2) is 5.60 Å². The molecule has 0 bridgehead atoms. The molecule has 0 heterocycles. The molecule has 1 saturated carbocycles. The van der Waals surface area contributed by atoms with Crippen molar-refractivity contribution in [2.24, 2.45) is 17.8 Å². The average Bonchev–Trinajstić information content (AvgIpc) is 2.28. The predicted molar refractivity (Wildman–Crippen MR) is 67.5 cm³/mol. The highest BCUT2D eigenvalue weighted by molar-refractivity contribution is 5.79. The van der Waals surface area contributed by atoms with Gasteiger partial charge in [0.25, 0.3) is 0 Å². The highest BCUT2D eigenvalue weighted by Crippen LogP contribution is 2.41. The summed E-state index contributed by atoms with van der Waals surface area (Å²) in [5, 5.41) is 10.6. The van der Waals surface area contributed by atoms with E-state index < -0.39 is 11.6 Å². The van der Waals surface area contributed by atoms with E-state index in [0.717, 1.165) is 19.3 Å². The van der Waals surface area contributed by atoms with Crippen LogP contribution in [0.3, 0.4) is 0 Å². The van der Waals surface area contributed by atoms with Crippen LogP contribution < -0.4 is 0 Å². The van der Waals surface area contributed by atoms with Gasteiger partial charge in [0, 0.05) is 5.92 Å². The first-order valence-electron chi connectivity index (χ1n) is 6.85. The molecule has 0 aromatic heterocycles. The van der Waals surface area contributed by atoms with E-state index in [2.05, 4.69) is 13.8 Å². The summed E-state index contributed by atoms with van der Waals surface area (Å²) < 4.78 is 5.04. The third-order valence-corrected chi connectivity index (χ3v) is 4.21. The summed E-state index contributed by atoms with van der Waals surface area (Å²) in [6.45, 7) is 8.35. The molecular weight excluding hydrogens is 216 g/mol. The summed E-state index contributed by atoms with van der Waals surface area (Å²) in [5.74, 6) is 0.689. The van der Waals surface area contributed by atoms with Crippen molar-refractivity contribution < 1.29 is 14.6 Å². The first-order chi connectivity index (χ1) is 7.95. The van der Waals surface area contributed by atoms with Gasteiger partial charge in [-0.15, -0.1) is 0 Å². The Morgan fingerprint density at radius 2 is 2.00 bits per heavy atom. The van der Waals surface area contributed by atoms with Crippen LogP contribution >= 0.6 is 0 Å². The zero-order valence-electron chi connectivity index (χ0n) is 11.5. The van der Waals surface area contributed by atoms with Crippen LogP contribution in [0, 0.1) is 17.8 Å². The maximum absolute atomic E-state index is 12.0. The monoisotopic (exact) mass is 242 g/mol. The smallest absolute Gasteiger partial charge is 0.338 e. The normalized spacial score (nSPS) is 32.9. The number of aliphatic hydroxyl groups is 1. The fourth-order valence-electron chi connectivity index (χ4n) is 3.19. The molecule has 0 aromatic carbocycles. The third-order valence-electron chi connectivity index (χ3n) is 4.21. The maximum atomic E-state index is 12.0. The minimum atomic E-state index is -1.28. The summed E-state index contributed by atoms with van der Waals surface area (Å²) >= 11 is 0. The van der Waals surface area contributed by atoms with Crippen LogP contribution in [-0.2, 0) is 9.53 Å². The molecule has 3 nitrogen and oxygen atoms in total. The van der Waals surface area contributed by atoms with Gasteiger partial charge < -0.3 is 9.84 Å². The number of hydrogen-bond donors (Lipinski definition) is 1. The minimum absolute atomic E-state index is 0.0442. The summed E-state index contributed by atoms with van der Waals surface area (Å²) in [4.78, 5) is 12.0. The molecule has 1 N–H and O–H groups in total. The molecule has 17 heavy (non-hydrogen) atoms. The molecule has 1 aliphatic rings. The van der Waals surface area contributed by atoms with E-state index in [1.807, 2.05) is 6.92 Å². The van der Waals surface area contributed by atoms with Crippen LogP contribution in [-0.4, -0.2) is 23.3 Å². The zero-order chi connectivity index (χ0) is 13.1. The molecule has 0 spiro atoms. The Hall–Kier alpha value is -0.570. The fraction of sp³-hybridized carbons (Fsp3) is 0.929. The number of carbonyl (C=O) groups is 1. The largest absolute Gasteiger partial charge is 0.464 e. The molecule has 3 heteroatoms. The van der Waals surface area contributed by atoms with Gasteiger partial charge in [0.2, 0.25) is 0 Å². The molecule has 0 radical (unpaired) electrons. The van der Waals surface area contributed by atoms with E-state index in [4.69, 9.17) is 4.74 Å². The summed E-state index contributed by atoms with van der Waals surface area (Å²) in [6.07, 6.45) is 3.55. The van der Waals surface area contributed by atoms with Gasteiger partial charge in [-0.05, 0) is 38.0 Å². The van der Waals surface area contributed by atoms with Crippen LogP contribution in [0.1, 0.15) is 53.4 Å². The Morgan fingerprint density at radius 1 is 1.35 bits per heavy atom. The lowest BCUT2D eigenvalue weighted by Gasteiger charge is -2.41. The van der Waals surface area contributed by atoms with Crippen molar-refractivity contribution in [3.8, 4) is 0 Å². The molecule has 1 aliphatic carbocycles. The number of esters is 1. The van der Waals surface area contributed by atoms with E-state index in [-0.39, 0.29) is 5.92 Å². The van der Waals surface area contributed by atoms with Gasteiger partial charge in [-0.2, -0.15) is 0 Å². The van der Waals surface area contributed by atoms with E-state index in [1.165, 1.54) is 0 Å². The van der Waals surface area contributed by atoms with Crippen LogP contribution in [0.15, 0.2) is 0 Å². The van der Waals surface area contributed by atoms with Gasteiger partial charge in [-0.3, -0.25) is 0 Å². The molecule has 4 atom stereocenters. The molecule has 100 valence electrons. The van der Waals surface area contributed by atoms with Crippen molar-refractivity contribution >= 4 is 5.97 Å². The summed E-state index contributed by atoms with van der Waals surface area (Å²) in [6, 6.07) is 0. The number of rotatable bonds is 4. The number of carbonyl (C=O) groups excluding carboxylic acids is 1. The molecule has 1 rings (SSSR count). The lowest BCUT2D eigenvalue weighted by Crippen LogP contribution is -2.50. The summed E-state index contributed by atoms with van der Waals surface area (Å²) in [7, 11) is 0. The van der Waals surface area contributed by atoms with Crippen LogP contribution in [0.5, 0.6) is 0 Å². The van der Waals surface area contributed by atoms with E-state index in [9.17, 15) is 9.90 Å². The second kappa shape index (κ2) is 5.85. The zero-order valence-corrected chi connectivity index (χ0v) is 11.5. The quantitative estimate of drug-likeness (QED) is 0.771. The van der Waals surface area contributed by atoms with Crippen molar-refractivity contribution in [1.82, 2.24) is 0 Å². The Morgan fingerprint density at radius 3 is 2.47 bits per heavy atom. The second-order valence-corrected chi connectivity index (χ2v) is 5.50. The highest BCUT2D eigenvalue weighted by Gasteiger charge is 2.47. The second-order valence-electron chi connectivity index (χ2n) is 5.50. The first kappa shape index (κ1) is 14.5. The minimum Gasteiger partial charge on any atom is -0.464 e. The highest BCUT2D eigenvalue weighted by atomic mass is 16.5. The van der Waals surface area contributed by atoms with E-state index in [1.54, 1.807) is 6.92 Å². The first-order valence-corrected chi connectivity index (χ1v) is 6.85. The van der Waals surface area contributed by atoms with E-state index in [0.29, 0.717) is 24.9 Å². The Balaban J connectivity index is 2.81. The van der Waals surface area contributed by atoms with Gasteiger partial charge in [0.05, 0.1) is 6.61 Å². The van der Waals surface area contributed by atoms with Crippen molar-refractivity contribution in [3.05, 3.63) is 0 Å². The molecule has 0 saturated heterocycles. The van der Waals surface area contributed by atoms with Gasteiger partial charge in [-0.25, -0.2) is 4.79 Å². The fourth-order valence-corrected chi connectivity index (χ4v) is 3.19. The SMILES string of the molecule is CCOC(=O)C(O)(CC)C1CCC(C)CC1C. The van der Waals surface area contributed by atoms with Gasteiger partial charge >= 0.3 is 5.97 Å². The molecule has 0 aliphatic heterocycles. The van der Waals surface area contributed by atoms with Gasteiger partial charge in [-0.1, -0.05) is 27.2 Å². The van der Waals surface area contributed by atoms with Crippen LogP contribution in [0.2, 0.25) is 0 Å². The molecule has 4 unspecified atom stereocenters. The summed E-state index contributed by atoms with van der Waals surface area (Å²) in [5.41, 5.74) is -1.28. The van der Waals surface area contributed by atoms with Crippen LogP contribution in [0.25, 0.3) is 0 Å². The third kappa shape index (κ3) is 3.01. The Bertz CT molecular complexity index is 264. The average molecular weight is 242 g/mol. The standard InChI is InChI=1S/C14H26O3/c1-5-14(16,13(15)17-6-2)12-8-7-10(3)9-11(12)4/h10-12,16H,5-9H2,1-4H3. The topological polar surface area (TPSA) is 46.5 Å². The predicted octanol–water partition coefficient (Wildman–Crippen LogP) is 2.76. The van der Waals surface area contributed by atoms with Crippen molar-refractivity contribution in [2.45, 2.75) is 59.0 Å². The van der Waals surface area contributed by atoms with Crippen molar-refractivity contribution in [3.63, 3.8) is 0 Å². The number of hydrogen-bond acceptors (Lipinski definition) is 3. The molecule has 1 fully saturated rings. The Labute approximate surface area is 105 Å². The lowest BCUT2D eigenvalue weighted by molar-refractivity contribution is -0.177. The molecule has 0 amide bonds. The molecule has 0 aromatic rings. The van der Waals surface area contributed by atoms with Crippen molar-refractivity contribution in [2.75, 3.05) is 6.61 Å². The molecular formula is C14H26O3. The lowest BCUT2D eigenvalue weighted by atomic mass is 9.67. The van der Waals surface area contributed by atoms with E-state index >= 15 is 0 Å². The maximum Gasteiger partial charge on any atom is 0.338 e. The van der Waals surface area contributed by atoms with Crippen molar-refractivity contribution in [1.29, 1.82) is 0 Å². The number of ether oxygens (including phenoxy) is 1. The van der Waals surface area contributed by atoms with Crippen LogP contribution in [0.4, 0.5) is 0 Å².